The van der Waals surface area contributed by atoms with E-state index < -0.39 is 0 Å². The summed E-state index contributed by atoms with van der Waals surface area (Å²) in [5.41, 5.74) is 2.07. The summed E-state index contributed by atoms with van der Waals surface area (Å²) >= 11 is 0. The normalized spacial score (nSPS) is 12.8. The van der Waals surface area contributed by atoms with Crippen molar-refractivity contribution in [3.63, 3.8) is 0 Å². The lowest BCUT2D eigenvalue weighted by molar-refractivity contribution is 0.821. The highest BCUT2D eigenvalue weighted by molar-refractivity contribution is 6.10. The van der Waals surface area contributed by atoms with E-state index in [9.17, 15) is 0 Å². The molecule has 3 heteroatoms. The van der Waals surface area contributed by atoms with Crippen LogP contribution >= 0.6 is 0 Å². The van der Waals surface area contributed by atoms with Crippen molar-refractivity contribution in [3.8, 4) is 6.07 Å². The zero-order valence-corrected chi connectivity index (χ0v) is 10.1. The van der Waals surface area contributed by atoms with Crippen molar-refractivity contribution in [2.45, 2.75) is 13.0 Å². The maximum Gasteiger partial charge on any atom is 0.161 e. The van der Waals surface area contributed by atoms with Crippen LogP contribution in [-0.4, -0.2) is 10.7 Å². The summed E-state index contributed by atoms with van der Waals surface area (Å²) in [4.78, 5) is 8.57. The minimum absolute atomic E-state index is 0.0529. The minimum atomic E-state index is -0.0529. The smallest absolute Gasteiger partial charge is 0.161 e. The molecule has 0 aliphatic rings. The number of nitrogens with zero attached hydrogens (tertiary/aromatic N) is 3. The third-order valence-corrected chi connectivity index (χ3v) is 2.62. The van der Waals surface area contributed by atoms with Crippen LogP contribution in [-0.2, 0) is 0 Å². The number of hydrogen-bond donors (Lipinski definition) is 0. The first-order chi connectivity index (χ1) is 8.81. The topological polar surface area (TPSA) is 49.0 Å². The lowest BCUT2D eigenvalue weighted by Gasteiger charge is -2.07. The molecule has 1 aromatic heterocycles. The Labute approximate surface area is 106 Å². The molecule has 0 radical (unpaired) electrons. The van der Waals surface area contributed by atoms with Crippen LogP contribution in [0.2, 0.25) is 0 Å². The molecule has 0 amide bonds. The first kappa shape index (κ1) is 12.0. The molecule has 0 N–H and O–H groups in total. The second-order valence-electron chi connectivity index (χ2n) is 3.89. The van der Waals surface area contributed by atoms with Gasteiger partial charge in [-0.2, -0.15) is 5.26 Å². The molecular weight excluding hydrogens is 222 g/mol. The molecule has 3 nitrogen and oxygen atoms in total. The van der Waals surface area contributed by atoms with Crippen LogP contribution < -0.4 is 0 Å². The van der Waals surface area contributed by atoms with E-state index in [0.717, 1.165) is 5.56 Å². The maximum atomic E-state index is 9.15. The summed E-state index contributed by atoms with van der Waals surface area (Å²) in [6.07, 6.45) is 1.66. The van der Waals surface area contributed by atoms with Gasteiger partial charge in [-0.25, -0.2) is 0 Å². The first-order valence-electron chi connectivity index (χ1n) is 5.75. The third kappa shape index (κ3) is 2.80. The van der Waals surface area contributed by atoms with Crippen molar-refractivity contribution in [1.29, 1.82) is 5.26 Å². The predicted molar refractivity (Wildman–Crippen MR) is 71.2 cm³/mol. The fourth-order valence-electron chi connectivity index (χ4n) is 1.65. The quantitative estimate of drug-likeness (QED) is 0.767. The van der Waals surface area contributed by atoms with Crippen LogP contribution in [0.5, 0.6) is 0 Å². The summed E-state index contributed by atoms with van der Waals surface area (Å²) in [6, 6.07) is 17.4. The number of pyridine rings is 1. The lowest BCUT2D eigenvalue weighted by atomic mass is 10.1. The Morgan fingerprint density at radius 3 is 2.50 bits per heavy atom. The molecule has 0 unspecified atom stereocenters. The monoisotopic (exact) mass is 235 g/mol. The van der Waals surface area contributed by atoms with E-state index in [1.54, 1.807) is 12.3 Å². The molecule has 0 aliphatic carbocycles. The van der Waals surface area contributed by atoms with E-state index in [0.29, 0.717) is 11.4 Å². The molecule has 1 aromatic carbocycles. The minimum Gasteiger partial charge on any atom is -0.264 e. The van der Waals surface area contributed by atoms with E-state index in [1.807, 2.05) is 49.4 Å². The molecule has 1 heterocycles. The van der Waals surface area contributed by atoms with Gasteiger partial charge in [-0.3, -0.25) is 9.98 Å². The van der Waals surface area contributed by atoms with Crippen LogP contribution in [0.25, 0.3) is 0 Å². The van der Waals surface area contributed by atoms with Gasteiger partial charge in [0, 0.05) is 6.20 Å². The van der Waals surface area contributed by atoms with Crippen molar-refractivity contribution in [2.24, 2.45) is 4.99 Å². The zero-order chi connectivity index (χ0) is 12.8. The Kier molecular flexibility index (Phi) is 3.83. The maximum absolute atomic E-state index is 9.15. The van der Waals surface area contributed by atoms with Crippen molar-refractivity contribution in [1.82, 2.24) is 4.98 Å². The first-order valence-corrected chi connectivity index (χ1v) is 5.75. The second kappa shape index (κ2) is 5.74. The van der Waals surface area contributed by atoms with Gasteiger partial charge < -0.3 is 0 Å². The van der Waals surface area contributed by atoms with Crippen molar-refractivity contribution in [3.05, 3.63) is 66.0 Å². The Balaban J connectivity index is 2.29. The number of hydrogen-bond acceptors (Lipinski definition) is 3. The predicted octanol–water partition coefficient (Wildman–Crippen LogP) is 3.16. The molecule has 0 bridgehead atoms. The highest BCUT2D eigenvalue weighted by Gasteiger charge is 2.07. The molecule has 2 aromatic rings. The SMILES string of the molecule is C[C@H](N=C(C#N)c1ccccn1)c1ccccc1. The van der Waals surface area contributed by atoms with Crippen LogP contribution in [0.15, 0.2) is 59.7 Å². The van der Waals surface area contributed by atoms with Gasteiger partial charge in [0.1, 0.15) is 6.07 Å². The van der Waals surface area contributed by atoms with E-state index in [2.05, 4.69) is 16.0 Å². The average molecular weight is 235 g/mol. The molecule has 2 rings (SSSR count). The standard InChI is InChI=1S/C15H13N3/c1-12(13-7-3-2-4-8-13)18-15(11-16)14-9-5-6-10-17-14/h2-10,12H,1H3/t12-/m0/s1. The van der Waals surface area contributed by atoms with Crippen LogP contribution in [0.3, 0.4) is 0 Å². The fourth-order valence-corrected chi connectivity index (χ4v) is 1.65. The summed E-state index contributed by atoms with van der Waals surface area (Å²) in [5, 5.41) is 9.15. The third-order valence-electron chi connectivity index (χ3n) is 2.62. The Hall–Kier alpha value is -2.47. The summed E-state index contributed by atoms with van der Waals surface area (Å²) in [7, 11) is 0. The Bertz CT molecular complexity index is 568. The lowest BCUT2D eigenvalue weighted by Crippen LogP contribution is -2.03. The number of nitriles is 1. The molecule has 1 atom stereocenters. The van der Waals surface area contributed by atoms with Gasteiger partial charge in [0.25, 0.3) is 0 Å². The van der Waals surface area contributed by atoms with E-state index in [1.165, 1.54) is 0 Å². The zero-order valence-electron chi connectivity index (χ0n) is 10.1. The summed E-state index contributed by atoms with van der Waals surface area (Å²) in [6.45, 7) is 1.97. The van der Waals surface area contributed by atoms with Gasteiger partial charge in [-0.05, 0) is 24.6 Å². The molecule has 0 fully saturated rings. The average Bonchev–Trinajstić information content (AvgIpc) is 2.46. The van der Waals surface area contributed by atoms with Gasteiger partial charge in [-0.1, -0.05) is 36.4 Å². The van der Waals surface area contributed by atoms with Crippen LogP contribution in [0, 0.1) is 11.3 Å². The Morgan fingerprint density at radius 1 is 1.17 bits per heavy atom. The van der Waals surface area contributed by atoms with E-state index in [4.69, 9.17) is 5.26 Å². The molecule has 0 saturated carbocycles. The van der Waals surface area contributed by atoms with Crippen molar-refractivity contribution < 1.29 is 0 Å². The van der Waals surface area contributed by atoms with Gasteiger partial charge in [-0.15, -0.1) is 0 Å². The Morgan fingerprint density at radius 2 is 1.89 bits per heavy atom. The highest BCUT2D eigenvalue weighted by atomic mass is 14.8. The van der Waals surface area contributed by atoms with Gasteiger partial charge in [0.15, 0.2) is 5.71 Å². The van der Waals surface area contributed by atoms with Gasteiger partial charge in [0.05, 0.1) is 11.7 Å². The second-order valence-corrected chi connectivity index (χ2v) is 3.89. The number of rotatable bonds is 3. The number of aliphatic imine (C=N–C) groups is 1. The van der Waals surface area contributed by atoms with Crippen molar-refractivity contribution in [2.75, 3.05) is 0 Å². The van der Waals surface area contributed by atoms with Gasteiger partial charge in [0.2, 0.25) is 0 Å². The van der Waals surface area contributed by atoms with Crippen LogP contribution in [0.1, 0.15) is 24.2 Å². The van der Waals surface area contributed by atoms with E-state index >= 15 is 0 Å². The molecular formula is C15H13N3. The molecule has 0 saturated heterocycles. The summed E-state index contributed by atoms with van der Waals surface area (Å²) < 4.78 is 0. The van der Waals surface area contributed by atoms with E-state index in [-0.39, 0.29) is 6.04 Å². The fraction of sp³-hybridized carbons (Fsp3) is 0.133. The molecule has 0 aliphatic heterocycles. The van der Waals surface area contributed by atoms with Crippen LogP contribution in [0.4, 0.5) is 0 Å². The highest BCUT2D eigenvalue weighted by Crippen LogP contribution is 2.16. The molecule has 0 spiro atoms. The molecule has 88 valence electrons. The summed E-state index contributed by atoms with van der Waals surface area (Å²) in [5.74, 6) is 0. The number of aromatic nitrogens is 1. The van der Waals surface area contributed by atoms with Gasteiger partial charge >= 0.3 is 0 Å². The van der Waals surface area contributed by atoms with Crippen molar-refractivity contribution >= 4 is 5.71 Å². The molecule has 18 heavy (non-hydrogen) atoms. The largest absolute Gasteiger partial charge is 0.264 e. The number of benzene rings is 1.